The summed E-state index contributed by atoms with van der Waals surface area (Å²) in [6.07, 6.45) is 1.60. The molecule has 0 radical (unpaired) electrons. The van der Waals surface area contributed by atoms with Crippen LogP contribution in [0.5, 0.6) is 0 Å². The van der Waals surface area contributed by atoms with E-state index in [0.717, 1.165) is 10.8 Å². The minimum atomic E-state index is -0.950. The zero-order chi connectivity index (χ0) is 12.3. The van der Waals surface area contributed by atoms with E-state index in [1.165, 1.54) is 6.07 Å². The molecular weight excluding hydrogens is 220 g/mol. The van der Waals surface area contributed by atoms with Crippen molar-refractivity contribution in [3.05, 3.63) is 36.0 Å². The number of hydrogen-bond acceptors (Lipinski definition) is 4. The maximum absolute atomic E-state index is 10.8. The molecule has 0 aliphatic rings. The highest BCUT2D eigenvalue weighted by atomic mass is 16.4. The molecule has 17 heavy (non-hydrogen) atoms. The molecule has 2 rings (SSSR count). The summed E-state index contributed by atoms with van der Waals surface area (Å²) in [4.78, 5) is 15.0. The number of nitrogens with zero attached hydrogens (tertiary/aromatic N) is 1. The Balaban J connectivity index is 2.47. The summed E-state index contributed by atoms with van der Waals surface area (Å²) in [7, 11) is 0. The fraction of sp³-hybridized carbons (Fsp3) is 0.167. The van der Waals surface area contributed by atoms with Crippen molar-refractivity contribution in [3.8, 4) is 0 Å². The molecule has 3 N–H and O–H groups in total. The minimum Gasteiger partial charge on any atom is -0.478 e. The molecular formula is C12H12N2O3. The monoisotopic (exact) mass is 232 g/mol. The number of aliphatic hydroxyl groups excluding tert-OH is 1. The van der Waals surface area contributed by atoms with Gasteiger partial charge in [-0.25, -0.2) is 9.78 Å². The lowest BCUT2D eigenvalue weighted by Crippen LogP contribution is -2.07. The van der Waals surface area contributed by atoms with Gasteiger partial charge in [-0.15, -0.1) is 0 Å². The number of nitrogens with one attached hydrogen (secondary N) is 1. The van der Waals surface area contributed by atoms with Crippen LogP contribution in [0, 0.1) is 0 Å². The van der Waals surface area contributed by atoms with E-state index >= 15 is 0 Å². The Hall–Kier alpha value is -2.14. The molecule has 0 saturated heterocycles. The number of carboxylic acids is 1. The molecule has 1 aromatic carbocycles. The van der Waals surface area contributed by atoms with Crippen LogP contribution in [0.1, 0.15) is 10.4 Å². The molecule has 1 heterocycles. The van der Waals surface area contributed by atoms with Crippen LogP contribution < -0.4 is 5.32 Å². The summed E-state index contributed by atoms with van der Waals surface area (Å²) < 4.78 is 0. The summed E-state index contributed by atoms with van der Waals surface area (Å²) in [6, 6.07) is 6.61. The molecule has 2 aromatic rings. The first-order valence-electron chi connectivity index (χ1n) is 5.19. The summed E-state index contributed by atoms with van der Waals surface area (Å²) in [5.74, 6) is -0.304. The smallest absolute Gasteiger partial charge is 0.335 e. The van der Waals surface area contributed by atoms with E-state index in [0.29, 0.717) is 12.4 Å². The van der Waals surface area contributed by atoms with E-state index < -0.39 is 5.97 Å². The Labute approximate surface area is 97.7 Å². The highest BCUT2D eigenvalue weighted by Gasteiger charge is 2.06. The second-order valence-corrected chi connectivity index (χ2v) is 3.55. The highest BCUT2D eigenvalue weighted by molar-refractivity contribution is 5.98. The molecule has 0 spiro atoms. The van der Waals surface area contributed by atoms with Crippen LogP contribution in [0.3, 0.4) is 0 Å². The molecule has 0 aliphatic carbocycles. The quantitative estimate of drug-likeness (QED) is 0.741. The number of fused-ring (bicyclic) bond motifs is 1. The fourth-order valence-electron chi connectivity index (χ4n) is 1.63. The maximum atomic E-state index is 10.8. The van der Waals surface area contributed by atoms with Crippen molar-refractivity contribution in [2.75, 3.05) is 18.5 Å². The molecule has 0 aliphatic heterocycles. The van der Waals surface area contributed by atoms with Crippen LogP contribution in [-0.4, -0.2) is 34.3 Å². The number of aromatic nitrogens is 1. The van der Waals surface area contributed by atoms with Gasteiger partial charge in [0, 0.05) is 18.1 Å². The Morgan fingerprint density at radius 2 is 2.18 bits per heavy atom. The van der Waals surface area contributed by atoms with Crippen molar-refractivity contribution in [2.45, 2.75) is 0 Å². The third kappa shape index (κ3) is 2.34. The number of hydrogen-bond donors (Lipinski definition) is 3. The Morgan fingerprint density at radius 1 is 1.35 bits per heavy atom. The van der Waals surface area contributed by atoms with Gasteiger partial charge in [0.2, 0.25) is 0 Å². The van der Waals surface area contributed by atoms with Crippen LogP contribution in [0.4, 0.5) is 5.82 Å². The molecule has 0 atom stereocenters. The predicted molar refractivity (Wildman–Crippen MR) is 64.3 cm³/mol. The minimum absolute atomic E-state index is 0.0191. The molecule has 0 bridgehead atoms. The third-order valence-corrected chi connectivity index (χ3v) is 2.42. The Morgan fingerprint density at radius 3 is 2.88 bits per heavy atom. The van der Waals surface area contributed by atoms with Crippen LogP contribution in [-0.2, 0) is 0 Å². The lowest BCUT2D eigenvalue weighted by Gasteiger charge is -2.07. The lowest BCUT2D eigenvalue weighted by atomic mass is 10.1. The van der Waals surface area contributed by atoms with E-state index in [-0.39, 0.29) is 12.2 Å². The number of aromatic carboxylic acids is 1. The van der Waals surface area contributed by atoms with Gasteiger partial charge in [-0.05, 0) is 29.7 Å². The number of carbonyl (C=O) groups is 1. The number of pyridine rings is 1. The first-order valence-corrected chi connectivity index (χ1v) is 5.19. The fourth-order valence-corrected chi connectivity index (χ4v) is 1.63. The first kappa shape index (κ1) is 11.3. The normalized spacial score (nSPS) is 10.4. The van der Waals surface area contributed by atoms with Crippen molar-refractivity contribution in [1.82, 2.24) is 4.98 Å². The molecule has 88 valence electrons. The lowest BCUT2D eigenvalue weighted by molar-refractivity contribution is 0.0697. The largest absolute Gasteiger partial charge is 0.478 e. The molecule has 0 fully saturated rings. The Kier molecular flexibility index (Phi) is 3.20. The van der Waals surface area contributed by atoms with Gasteiger partial charge in [0.25, 0.3) is 0 Å². The second-order valence-electron chi connectivity index (χ2n) is 3.55. The number of rotatable bonds is 4. The van der Waals surface area contributed by atoms with Crippen molar-refractivity contribution in [1.29, 1.82) is 0 Å². The van der Waals surface area contributed by atoms with Crippen molar-refractivity contribution >= 4 is 22.6 Å². The summed E-state index contributed by atoms with van der Waals surface area (Å²) in [5, 5.41) is 22.3. The maximum Gasteiger partial charge on any atom is 0.335 e. The standard InChI is InChI=1S/C12H12N2O3/c15-6-5-14-11-10-2-1-9(12(16)17)7-8(10)3-4-13-11/h1-4,7,15H,5-6H2,(H,13,14)(H,16,17). The van der Waals surface area contributed by atoms with Crippen LogP contribution >= 0.6 is 0 Å². The number of aliphatic hydroxyl groups is 1. The zero-order valence-corrected chi connectivity index (χ0v) is 9.05. The van der Waals surface area contributed by atoms with E-state index in [9.17, 15) is 4.79 Å². The van der Waals surface area contributed by atoms with E-state index in [2.05, 4.69) is 10.3 Å². The predicted octanol–water partition coefficient (Wildman–Crippen LogP) is 1.34. The van der Waals surface area contributed by atoms with Gasteiger partial charge in [-0.3, -0.25) is 0 Å². The molecule has 1 aromatic heterocycles. The Bertz CT molecular complexity index is 554. The van der Waals surface area contributed by atoms with Crippen molar-refractivity contribution in [2.24, 2.45) is 0 Å². The van der Waals surface area contributed by atoms with Gasteiger partial charge in [0.1, 0.15) is 5.82 Å². The van der Waals surface area contributed by atoms with E-state index in [4.69, 9.17) is 10.2 Å². The molecule has 0 unspecified atom stereocenters. The van der Waals surface area contributed by atoms with E-state index in [1.807, 2.05) is 0 Å². The van der Waals surface area contributed by atoms with Crippen LogP contribution in [0.15, 0.2) is 30.5 Å². The van der Waals surface area contributed by atoms with Crippen LogP contribution in [0.25, 0.3) is 10.8 Å². The van der Waals surface area contributed by atoms with Gasteiger partial charge in [-0.1, -0.05) is 0 Å². The van der Waals surface area contributed by atoms with Crippen LogP contribution in [0.2, 0.25) is 0 Å². The first-order chi connectivity index (χ1) is 8.22. The highest BCUT2D eigenvalue weighted by Crippen LogP contribution is 2.22. The van der Waals surface area contributed by atoms with Gasteiger partial charge in [0.05, 0.1) is 12.2 Å². The van der Waals surface area contributed by atoms with Crippen molar-refractivity contribution in [3.63, 3.8) is 0 Å². The topological polar surface area (TPSA) is 82.5 Å². The molecule has 0 saturated carbocycles. The van der Waals surface area contributed by atoms with Gasteiger partial charge < -0.3 is 15.5 Å². The van der Waals surface area contributed by atoms with Gasteiger partial charge >= 0.3 is 5.97 Å². The SMILES string of the molecule is O=C(O)c1ccc2c(NCCO)nccc2c1. The second kappa shape index (κ2) is 4.80. The van der Waals surface area contributed by atoms with Gasteiger partial charge in [0.15, 0.2) is 0 Å². The zero-order valence-electron chi connectivity index (χ0n) is 9.05. The van der Waals surface area contributed by atoms with E-state index in [1.54, 1.807) is 24.4 Å². The number of anilines is 1. The average molecular weight is 232 g/mol. The summed E-state index contributed by atoms with van der Waals surface area (Å²) in [5.41, 5.74) is 0.247. The molecule has 0 amide bonds. The molecule has 5 heteroatoms. The summed E-state index contributed by atoms with van der Waals surface area (Å²) in [6.45, 7) is 0.429. The molecule has 5 nitrogen and oxygen atoms in total. The summed E-state index contributed by atoms with van der Waals surface area (Å²) >= 11 is 0. The van der Waals surface area contributed by atoms with Crippen molar-refractivity contribution < 1.29 is 15.0 Å². The third-order valence-electron chi connectivity index (χ3n) is 2.42. The number of carboxylic acid groups (broad SMARTS) is 1. The number of benzene rings is 1. The average Bonchev–Trinajstić information content (AvgIpc) is 2.35. The van der Waals surface area contributed by atoms with Gasteiger partial charge in [-0.2, -0.15) is 0 Å².